The summed E-state index contributed by atoms with van der Waals surface area (Å²) in [7, 11) is 0. The Hall–Kier alpha value is -0.640. The van der Waals surface area contributed by atoms with Crippen LogP contribution in [0.2, 0.25) is 0 Å². The predicted molar refractivity (Wildman–Crippen MR) is 48.1 cm³/mol. The summed E-state index contributed by atoms with van der Waals surface area (Å²) in [5, 5.41) is 0. The third-order valence-electron chi connectivity index (χ3n) is 1.82. The van der Waals surface area contributed by atoms with Crippen LogP contribution in [-0.4, -0.2) is 6.10 Å². The van der Waals surface area contributed by atoms with Crippen molar-refractivity contribution in [2.45, 2.75) is 52.1 Å². The fourth-order valence-electron chi connectivity index (χ4n) is 1.06. The number of hydrogen-bond acceptors (Lipinski definition) is 1. The lowest BCUT2D eigenvalue weighted by atomic mass is 10.1. The Labute approximate surface area is 70.1 Å². The second-order valence-corrected chi connectivity index (χ2v) is 2.76. The fourth-order valence-corrected chi connectivity index (χ4v) is 1.06. The van der Waals surface area contributed by atoms with Crippen LogP contribution in [0.25, 0.3) is 0 Å². The molecule has 0 heterocycles. The molecule has 0 fully saturated rings. The Kier molecular flexibility index (Phi) is 7.03. The van der Waals surface area contributed by atoms with Crippen molar-refractivity contribution in [1.82, 2.24) is 0 Å². The minimum Gasteiger partial charge on any atom is -0.444 e. The molecule has 0 aromatic carbocycles. The quantitative estimate of drug-likeness (QED) is 0.422. The molecule has 0 aromatic heterocycles. The van der Waals surface area contributed by atoms with E-state index in [-0.39, 0.29) is 6.10 Å². The van der Waals surface area contributed by atoms with E-state index in [0.717, 1.165) is 12.8 Å². The normalized spacial score (nSPS) is 12.1. The maximum atomic E-state index is 5.07. The fraction of sp³-hybridized carbons (Fsp3) is 0.800. The van der Waals surface area contributed by atoms with E-state index >= 15 is 0 Å². The van der Waals surface area contributed by atoms with Gasteiger partial charge in [0.05, 0.1) is 0 Å². The summed E-state index contributed by atoms with van der Waals surface area (Å²) in [6.07, 6.45) is 13.5. The Morgan fingerprint density at radius 1 is 1.36 bits per heavy atom. The first-order valence-electron chi connectivity index (χ1n) is 4.46. The maximum Gasteiger partial charge on any atom is 0.110 e. The van der Waals surface area contributed by atoms with E-state index in [4.69, 9.17) is 11.2 Å². The van der Waals surface area contributed by atoms with Gasteiger partial charge in [-0.3, -0.25) is 0 Å². The molecule has 0 aliphatic rings. The van der Waals surface area contributed by atoms with Crippen molar-refractivity contribution in [3.63, 3.8) is 0 Å². The number of hydrogen-bond donors (Lipinski definition) is 0. The molecule has 0 aliphatic carbocycles. The van der Waals surface area contributed by atoms with Crippen LogP contribution in [-0.2, 0) is 4.74 Å². The molecule has 0 rings (SSSR count). The zero-order valence-electron chi connectivity index (χ0n) is 7.60. The Bertz CT molecular complexity index is 113. The van der Waals surface area contributed by atoms with Gasteiger partial charge >= 0.3 is 0 Å². The molecule has 0 bridgehead atoms. The van der Waals surface area contributed by atoms with Crippen LogP contribution in [0.4, 0.5) is 0 Å². The van der Waals surface area contributed by atoms with Gasteiger partial charge in [-0.25, -0.2) is 0 Å². The highest BCUT2D eigenvalue weighted by Gasteiger charge is 2.03. The molecular formula is C10H18O. The first-order chi connectivity index (χ1) is 5.35. The van der Waals surface area contributed by atoms with E-state index in [1.54, 1.807) is 0 Å². The molecule has 0 amide bonds. The van der Waals surface area contributed by atoms with Gasteiger partial charge in [0.15, 0.2) is 0 Å². The SMILES string of the molecule is C#CO[C@@H](CC)CCCCC. The second kappa shape index (κ2) is 7.47. The van der Waals surface area contributed by atoms with Gasteiger partial charge in [-0.2, -0.15) is 0 Å². The second-order valence-electron chi connectivity index (χ2n) is 2.76. The topological polar surface area (TPSA) is 9.23 Å². The molecule has 1 heteroatoms. The van der Waals surface area contributed by atoms with Crippen molar-refractivity contribution in [3.8, 4) is 12.5 Å². The van der Waals surface area contributed by atoms with Crippen LogP contribution in [0.15, 0.2) is 0 Å². The number of rotatable bonds is 6. The lowest BCUT2D eigenvalue weighted by Crippen LogP contribution is -2.07. The average molecular weight is 154 g/mol. The highest BCUT2D eigenvalue weighted by Crippen LogP contribution is 2.08. The van der Waals surface area contributed by atoms with Crippen LogP contribution in [0.1, 0.15) is 46.0 Å². The lowest BCUT2D eigenvalue weighted by molar-refractivity contribution is 0.149. The van der Waals surface area contributed by atoms with Gasteiger partial charge < -0.3 is 4.74 Å². The highest BCUT2D eigenvalue weighted by atomic mass is 16.5. The first kappa shape index (κ1) is 10.4. The monoisotopic (exact) mass is 154 g/mol. The number of unbranched alkanes of at least 4 members (excludes halogenated alkanes) is 2. The molecule has 0 aliphatic heterocycles. The van der Waals surface area contributed by atoms with E-state index in [2.05, 4.69) is 20.0 Å². The standard InChI is InChI=1S/C10H18O/c1-4-7-8-9-10(5-2)11-6-3/h3,10H,4-5,7-9H2,1-2H3/t10-/m0/s1. The first-order valence-corrected chi connectivity index (χ1v) is 4.46. The van der Waals surface area contributed by atoms with E-state index in [1.807, 2.05) is 0 Å². The predicted octanol–water partition coefficient (Wildman–Crippen LogP) is 2.95. The Morgan fingerprint density at radius 2 is 2.09 bits per heavy atom. The summed E-state index contributed by atoms with van der Waals surface area (Å²) in [5.41, 5.74) is 0. The number of terminal acetylenes is 1. The number of ether oxygens (including phenoxy) is 1. The van der Waals surface area contributed by atoms with Crippen LogP contribution in [0.3, 0.4) is 0 Å². The molecule has 0 N–H and O–H groups in total. The molecule has 0 unspecified atom stereocenters. The van der Waals surface area contributed by atoms with Crippen molar-refractivity contribution < 1.29 is 4.74 Å². The average Bonchev–Trinajstić information content (AvgIpc) is 2.03. The van der Waals surface area contributed by atoms with Crippen LogP contribution < -0.4 is 0 Å². The summed E-state index contributed by atoms with van der Waals surface area (Å²) in [6, 6.07) is 0. The molecule has 0 saturated carbocycles. The highest BCUT2D eigenvalue weighted by molar-refractivity contribution is 4.72. The minimum absolute atomic E-state index is 0.284. The lowest BCUT2D eigenvalue weighted by Gasteiger charge is -2.11. The molecule has 0 aromatic rings. The molecule has 0 radical (unpaired) electrons. The van der Waals surface area contributed by atoms with Crippen LogP contribution >= 0.6 is 0 Å². The molecule has 0 saturated heterocycles. The van der Waals surface area contributed by atoms with Crippen LogP contribution in [0.5, 0.6) is 0 Å². The van der Waals surface area contributed by atoms with E-state index < -0.39 is 0 Å². The van der Waals surface area contributed by atoms with E-state index in [1.165, 1.54) is 19.3 Å². The minimum atomic E-state index is 0.284. The van der Waals surface area contributed by atoms with Gasteiger partial charge in [0, 0.05) is 0 Å². The maximum absolute atomic E-state index is 5.07. The zero-order valence-corrected chi connectivity index (χ0v) is 7.60. The molecule has 1 nitrogen and oxygen atoms in total. The van der Waals surface area contributed by atoms with Gasteiger partial charge in [-0.05, 0) is 19.3 Å². The van der Waals surface area contributed by atoms with Crippen molar-refractivity contribution in [1.29, 1.82) is 0 Å². The van der Waals surface area contributed by atoms with Crippen molar-refractivity contribution >= 4 is 0 Å². The van der Waals surface area contributed by atoms with Crippen molar-refractivity contribution in [2.24, 2.45) is 0 Å². The largest absolute Gasteiger partial charge is 0.444 e. The third kappa shape index (κ3) is 5.79. The van der Waals surface area contributed by atoms with Gasteiger partial charge in [0.25, 0.3) is 0 Å². The molecule has 64 valence electrons. The van der Waals surface area contributed by atoms with Gasteiger partial charge in [-0.1, -0.05) is 33.1 Å². The third-order valence-corrected chi connectivity index (χ3v) is 1.82. The summed E-state index contributed by atoms with van der Waals surface area (Å²) in [5.74, 6) is 0. The molecular weight excluding hydrogens is 136 g/mol. The summed E-state index contributed by atoms with van der Waals surface area (Å²) in [6.45, 7) is 4.30. The smallest absolute Gasteiger partial charge is 0.110 e. The molecule has 1 atom stereocenters. The van der Waals surface area contributed by atoms with Crippen molar-refractivity contribution in [3.05, 3.63) is 0 Å². The van der Waals surface area contributed by atoms with E-state index in [9.17, 15) is 0 Å². The Balaban J connectivity index is 3.30. The van der Waals surface area contributed by atoms with Crippen LogP contribution in [0, 0.1) is 12.5 Å². The van der Waals surface area contributed by atoms with Gasteiger partial charge in [-0.15, -0.1) is 0 Å². The Morgan fingerprint density at radius 3 is 2.55 bits per heavy atom. The van der Waals surface area contributed by atoms with Gasteiger partial charge in [0.2, 0.25) is 0 Å². The molecule has 0 spiro atoms. The van der Waals surface area contributed by atoms with E-state index in [0.29, 0.717) is 0 Å². The summed E-state index contributed by atoms with van der Waals surface area (Å²) >= 11 is 0. The van der Waals surface area contributed by atoms with Gasteiger partial charge in [0.1, 0.15) is 12.2 Å². The summed E-state index contributed by atoms with van der Waals surface area (Å²) < 4.78 is 5.07. The molecule has 11 heavy (non-hydrogen) atoms. The zero-order chi connectivity index (χ0) is 8.53. The summed E-state index contributed by atoms with van der Waals surface area (Å²) in [4.78, 5) is 0. The van der Waals surface area contributed by atoms with Crippen molar-refractivity contribution in [2.75, 3.05) is 0 Å².